The first kappa shape index (κ1) is 20.1. The summed E-state index contributed by atoms with van der Waals surface area (Å²) >= 11 is 0. The van der Waals surface area contributed by atoms with E-state index in [9.17, 15) is 10.2 Å². The van der Waals surface area contributed by atoms with Crippen molar-refractivity contribution in [3.63, 3.8) is 0 Å². The molecule has 2 N–H and O–H groups in total. The molecule has 2 atom stereocenters. The van der Waals surface area contributed by atoms with Gasteiger partial charge in [0.2, 0.25) is 0 Å². The summed E-state index contributed by atoms with van der Waals surface area (Å²) in [6, 6.07) is 24.3. The predicted octanol–water partition coefficient (Wildman–Crippen LogP) is 6.88. The lowest BCUT2D eigenvalue weighted by Crippen LogP contribution is -2.06. The van der Waals surface area contributed by atoms with Gasteiger partial charge in [-0.25, -0.2) is 0 Å². The quantitative estimate of drug-likeness (QED) is 0.362. The standard InChI is InChI=1S/C28H26O2/c1-17(2)27(29)23-15-13-19-9-5-7-11-21(19)25(23)26-22-12-8-6-10-20(22)14-16-24(26)28(30)18(3)4/h5-16,27-30H,1,3H2,2,4H3/t27-,28-/m1/s1. The Morgan fingerprint density at radius 2 is 0.967 bits per heavy atom. The van der Waals surface area contributed by atoms with Crippen LogP contribution in [-0.2, 0) is 0 Å². The van der Waals surface area contributed by atoms with Crippen molar-refractivity contribution in [1.82, 2.24) is 0 Å². The minimum Gasteiger partial charge on any atom is -0.384 e. The van der Waals surface area contributed by atoms with Crippen molar-refractivity contribution in [2.24, 2.45) is 0 Å². The highest BCUT2D eigenvalue weighted by atomic mass is 16.3. The Kier molecular flexibility index (Phi) is 5.29. The monoisotopic (exact) mass is 394 g/mol. The molecule has 4 rings (SSSR count). The number of aliphatic hydroxyl groups is 2. The molecule has 2 heteroatoms. The number of aliphatic hydroxyl groups excluding tert-OH is 2. The summed E-state index contributed by atoms with van der Waals surface area (Å²) in [5.41, 5.74) is 4.77. The van der Waals surface area contributed by atoms with Gasteiger partial charge >= 0.3 is 0 Å². The molecule has 30 heavy (non-hydrogen) atoms. The van der Waals surface area contributed by atoms with Gasteiger partial charge in [-0.3, -0.25) is 0 Å². The van der Waals surface area contributed by atoms with E-state index in [4.69, 9.17) is 0 Å². The first-order valence-corrected chi connectivity index (χ1v) is 10.1. The van der Waals surface area contributed by atoms with E-state index in [0.717, 1.165) is 43.8 Å². The molecule has 0 unspecified atom stereocenters. The summed E-state index contributed by atoms with van der Waals surface area (Å²) in [5, 5.41) is 26.3. The Labute approximate surface area is 177 Å². The highest BCUT2D eigenvalue weighted by Crippen LogP contribution is 2.44. The fourth-order valence-corrected chi connectivity index (χ4v) is 4.12. The summed E-state index contributed by atoms with van der Waals surface area (Å²) in [6.45, 7) is 11.6. The van der Waals surface area contributed by atoms with Crippen molar-refractivity contribution in [2.45, 2.75) is 26.1 Å². The van der Waals surface area contributed by atoms with Crippen LogP contribution < -0.4 is 0 Å². The lowest BCUT2D eigenvalue weighted by molar-refractivity contribution is 0.215. The maximum absolute atomic E-state index is 11.0. The normalized spacial score (nSPS) is 13.3. The van der Waals surface area contributed by atoms with Gasteiger partial charge < -0.3 is 10.2 Å². The van der Waals surface area contributed by atoms with Crippen LogP contribution in [0, 0.1) is 0 Å². The topological polar surface area (TPSA) is 40.5 Å². The van der Waals surface area contributed by atoms with Crippen molar-refractivity contribution in [3.8, 4) is 11.1 Å². The van der Waals surface area contributed by atoms with Crippen LogP contribution in [0.15, 0.2) is 97.1 Å². The summed E-state index contributed by atoms with van der Waals surface area (Å²) in [4.78, 5) is 0. The van der Waals surface area contributed by atoms with Crippen LogP contribution in [0.25, 0.3) is 32.7 Å². The third kappa shape index (κ3) is 3.35. The van der Waals surface area contributed by atoms with E-state index in [-0.39, 0.29) is 0 Å². The van der Waals surface area contributed by atoms with Gasteiger partial charge in [0.1, 0.15) is 12.2 Å². The summed E-state index contributed by atoms with van der Waals surface area (Å²) in [5.74, 6) is 0. The van der Waals surface area contributed by atoms with E-state index >= 15 is 0 Å². The lowest BCUT2D eigenvalue weighted by Gasteiger charge is -2.24. The van der Waals surface area contributed by atoms with Crippen LogP contribution in [0.1, 0.15) is 37.2 Å². The summed E-state index contributed by atoms with van der Waals surface area (Å²) in [6.07, 6.45) is -1.61. The summed E-state index contributed by atoms with van der Waals surface area (Å²) < 4.78 is 0. The molecule has 0 aliphatic carbocycles. The number of hydrogen-bond donors (Lipinski definition) is 2. The largest absolute Gasteiger partial charge is 0.384 e. The van der Waals surface area contributed by atoms with Crippen molar-refractivity contribution in [1.29, 1.82) is 0 Å². The van der Waals surface area contributed by atoms with Gasteiger partial charge in [0.15, 0.2) is 0 Å². The van der Waals surface area contributed by atoms with Crippen LogP contribution in [0.2, 0.25) is 0 Å². The van der Waals surface area contributed by atoms with Gasteiger partial charge in [-0.1, -0.05) is 86.0 Å². The summed E-state index contributed by atoms with van der Waals surface area (Å²) in [7, 11) is 0. The van der Waals surface area contributed by atoms with Crippen molar-refractivity contribution >= 4 is 21.5 Å². The molecule has 0 aliphatic rings. The number of hydrogen-bond acceptors (Lipinski definition) is 2. The lowest BCUT2D eigenvalue weighted by atomic mass is 9.83. The molecule has 0 heterocycles. The Morgan fingerprint density at radius 1 is 0.600 bits per heavy atom. The molecule has 0 saturated carbocycles. The van der Waals surface area contributed by atoms with Crippen molar-refractivity contribution in [3.05, 3.63) is 108 Å². The average Bonchev–Trinajstić information content (AvgIpc) is 2.76. The highest BCUT2D eigenvalue weighted by Gasteiger charge is 2.23. The minimum absolute atomic E-state index is 0.675. The maximum atomic E-state index is 11.0. The fourth-order valence-electron chi connectivity index (χ4n) is 4.12. The molecule has 0 radical (unpaired) electrons. The minimum atomic E-state index is -0.807. The first-order chi connectivity index (χ1) is 14.4. The fraction of sp³-hybridized carbons (Fsp3) is 0.143. The zero-order valence-electron chi connectivity index (χ0n) is 17.4. The molecule has 4 aromatic carbocycles. The Morgan fingerprint density at radius 3 is 1.33 bits per heavy atom. The van der Waals surface area contributed by atoms with E-state index < -0.39 is 12.2 Å². The molecule has 0 spiro atoms. The van der Waals surface area contributed by atoms with E-state index in [1.54, 1.807) is 0 Å². The molecule has 0 aliphatic heterocycles. The van der Waals surface area contributed by atoms with E-state index in [0.29, 0.717) is 11.1 Å². The van der Waals surface area contributed by atoms with Gasteiger partial charge in [0.25, 0.3) is 0 Å². The van der Waals surface area contributed by atoms with Gasteiger partial charge in [-0.05, 0) is 68.8 Å². The van der Waals surface area contributed by atoms with Crippen LogP contribution in [-0.4, -0.2) is 10.2 Å². The molecule has 150 valence electrons. The maximum Gasteiger partial charge on any atom is 0.100 e. The number of rotatable bonds is 5. The SMILES string of the molecule is C=C(C)[C@@H](O)c1ccc2ccccc2c1-c1c([C@H](O)C(=C)C)ccc2ccccc12. The second-order valence-corrected chi connectivity index (χ2v) is 8.00. The second kappa shape index (κ2) is 7.91. The van der Waals surface area contributed by atoms with Gasteiger partial charge in [-0.15, -0.1) is 0 Å². The Bertz CT molecular complexity index is 1180. The van der Waals surface area contributed by atoms with Gasteiger partial charge in [0.05, 0.1) is 0 Å². The van der Waals surface area contributed by atoms with E-state index in [1.165, 1.54) is 0 Å². The second-order valence-electron chi connectivity index (χ2n) is 8.00. The van der Waals surface area contributed by atoms with Crippen LogP contribution in [0.3, 0.4) is 0 Å². The zero-order valence-corrected chi connectivity index (χ0v) is 17.4. The molecule has 0 fully saturated rings. The molecule has 2 nitrogen and oxygen atoms in total. The Balaban J connectivity index is 2.22. The molecule has 4 aromatic rings. The zero-order chi connectivity index (χ0) is 21.4. The number of benzene rings is 4. The van der Waals surface area contributed by atoms with Crippen LogP contribution >= 0.6 is 0 Å². The van der Waals surface area contributed by atoms with E-state index in [1.807, 2.05) is 62.4 Å². The van der Waals surface area contributed by atoms with Crippen molar-refractivity contribution in [2.75, 3.05) is 0 Å². The molecule has 0 saturated heterocycles. The first-order valence-electron chi connectivity index (χ1n) is 10.1. The van der Waals surface area contributed by atoms with Crippen LogP contribution in [0.4, 0.5) is 0 Å². The third-order valence-corrected chi connectivity index (χ3v) is 5.70. The predicted molar refractivity (Wildman–Crippen MR) is 126 cm³/mol. The molecule has 0 bridgehead atoms. The third-order valence-electron chi connectivity index (χ3n) is 5.70. The molecular formula is C28H26O2. The van der Waals surface area contributed by atoms with Crippen molar-refractivity contribution < 1.29 is 10.2 Å². The molecular weight excluding hydrogens is 368 g/mol. The average molecular weight is 395 g/mol. The van der Waals surface area contributed by atoms with Gasteiger partial charge in [0, 0.05) is 0 Å². The highest BCUT2D eigenvalue weighted by molar-refractivity contribution is 6.08. The smallest absolute Gasteiger partial charge is 0.100 e. The number of fused-ring (bicyclic) bond motifs is 2. The molecule has 0 aromatic heterocycles. The molecule has 0 amide bonds. The van der Waals surface area contributed by atoms with Crippen LogP contribution in [0.5, 0.6) is 0 Å². The van der Waals surface area contributed by atoms with Gasteiger partial charge in [-0.2, -0.15) is 0 Å². The Hall–Kier alpha value is -3.20. The van der Waals surface area contributed by atoms with E-state index in [2.05, 4.69) is 37.4 Å².